The summed E-state index contributed by atoms with van der Waals surface area (Å²) in [7, 11) is 1.43. The third-order valence-corrected chi connectivity index (χ3v) is 4.69. The van der Waals surface area contributed by atoms with Crippen molar-refractivity contribution in [3.05, 3.63) is 89.4 Å². The van der Waals surface area contributed by atoms with Crippen LogP contribution in [0.5, 0.6) is 5.75 Å². The molecule has 3 aromatic carbocycles. The van der Waals surface area contributed by atoms with Crippen molar-refractivity contribution in [2.24, 2.45) is 0 Å². The summed E-state index contributed by atoms with van der Waals surface area (Å²) in [5.74, 6) is -0.977. The average Bonchev–Trinajstić information content (AvgIpc) is 3.13. The molecule has 0 saturated carbocycles. The SMILES string of the molecule is COc1c(C(=O)Nc2ccc(F)cc2)oc2ccc(NC(=O)c3cccc(C)c3)cc12. The standard InChI is InChI=1S/C24H19FN2O4/c1-14-4-3-5-15(12-14)23(28)27-18-10-11-20-19(13-18)21(30-2)22(31-20)24(29)26-17-8-6-16(25)7-9-17/h3-13H,1-2H3,(H,26,29)(H,27,28). The number of anilines is 2. The van der Waals surface area contributed by atoms with Crippen LogP contribution in [0.25, 0.3) is 11.0 Å². The first-order valence-corrected chi connectivity index (χ1v) is 9.50. The summed E-state index contributed by atoms with van der Waals surface area (Å²) in [4.78, 5) is 25.2. The lowest BCUT2D eigenvalue weighted by Gasteiger charge is -2.06. The Kier molecular flexibility index (Phi) is 5.41. The van der Waals surface area contributed by atoms with Gasteiger partial charge < -0.3 is 19.8 Å². The molecule has 2 amide bonds. The van der Waals surface area contributed by atoms with Crippen molar-refractivity contribution in [3.8, 4) is 5.75 Å². The van der Waals surface area contributed by atoms with Crippen molar-refractivity contribution in [1.29, 1.82) is 0 Å². The summed E-state index contributed by atoms with van der Waals surface area (Å²) < 4.78 is 24.2. The van der Waals surface area contributed by atoms with Gasteiger partial charge in [-0.15, -0.1) is 0 Å². The molecule has 0 unspecified atom stereocenters. The van der Waals surface area contributed by atoms with E-state index in [9.17, 15) is 14.0 Å². The highest BCUT2D eigenvalue weighted by Crippen LogP contribution is 2.35. The van der Waals surface area contributed by atoms with E-state index in [1.807, 2.05) is 19.1 Å². The summed E-state index contributed by atoms with van der Waals surface area (Å²) in [5, 5.41) is 6.02. The van der Waals surface area contributed by atoms with E-state index in [0.717, 1.165) is 5.56 Å². The van der Waals surface area contributed by atoms with Crippen molar-refractivity contribution >= 4 is 34.2 Å². The Morgan fingerprint density at radius 1 is 0.903 bits per heavy atom. The topological polar surface area (TPSA) is 80.6 Å². The first-order chi connectivity index (χ1) is 14.9. The zero-order chi connectivity index (χ0) is 22.0. The maximum absolute atomic E-state index is 13.1. The van der Waals surface area contributed by atoms with Crippen molar-refractivity contribution in [2.45, 2.75) is 6.92 Å². The summed E-state index contributed by atoms with van der Waals surface area (Å²) in [5.41, 5.74) is 2.90. The Morgan fingerprint density at radius 3 is 2.32 bits per heavy atom. The molecule has 0 saturated heterocycles. The van der Waals surface area contributed by atoms with E-state index < -0.39 is 11.7 Å². The molecule has 6 nitrogen and oxygen atoms in total. The third-order valence-electron chi connectivity index (χ3n) is 4.69. The number of nitrogens with one attached hydrogen (secondary N) is 2. The number of benzene rings is 3. The average molecular weight is 418 g/mol. The fourth-order valence-electron chi connectivity index (χ4n) is 3.22. The van der Waals surface area contributed by atoms with Gasteiger partial charge in [-0.2, -0.15) is 0 Å². The Bertz CT molecular complexity index is 1280. The zero-order valence-corrected chi connectivity index (χ0v) is 16.9. The van der Waals surface area contributed by atoms with Gasteiger partial charge >= 0.3 is 0 Å². The number of carbonyl (C=O) groups excluding carboxylic acids is 2. The van der Waals surface area contributed by atoms with Gasteiger partial charge in [0.2, 0.25) is 5.76 Å². The Morgan fingerprint density at radius 2 is 1.61 bits per heavy atom. The number of fused-ring (bicyclic) bond motifs is 1. The smallest absolute Gasteiger partial charge is 0.295 e. The van der Waals surface area contributed by atoms with E-state index in [4.69, 9.17) is 9.15 Å². The monoisotopic (exact) mass is 418 g/mol. The highest BCUT2D eigenvalue weighted by Gasteiger charge is 2.22. The first kappa shape index (κ1) is 20.2. The number of aryl methyl sites for hydroxylation is 1. The molecule has 1 aromatic heterocycles. The van der Waals surface area contributed by atoms with Gasteiger partial charge in [0.25, 0.3) is 11.8 Å². The number of hydrogen-bond acceptors (Lipinski definition) is 4. The third kappa shape index (κ3) is 4.25. The maximum atomic E-state index is 13.1. The van der Waals surface area contributed by atoms with Crippen molar-refractivity contribution in [1.82, 2.24) is 0 Å². The van der Waals surface area contributed by atoms with Crippen LogP contribution < -0.4 is 15.4 Å². The van der Waals surface area contributed by atoms with Gasteiger partial charge in [0.1, 0.15) is 11.4 Å². The lowest BCUT2D eigenvalue weighted by molar-refractivity contribution is 0.0992. The zero-order valence-electron chi connectivity index (χ0n) is 16.9. The van der Waals surface area contributed by atoms with Crippen LogP contribution in [0.1, 0.15) is 26.5 Å². The summed E-state index contributed by atoms with van der Waals surface area (Å²) in [6.45, 7) is 1.91. The predicted octanol–water partition coefficient (Wildman–Crippen LogP) is 5.39. The van der Waals surface area contributed by atoms with Gasteiger partial charge in [0.15, 0.2) is 5.75 Å². The number of hydrogen-bond donors (Lipinski definition) is 2. The van der Waals surface area contributed by atoms with Gasteiger partial charge in [0.05, 0.1) is 12.5 Å². The number of amides is 2. The highest BCUT2D eigenvalue weighted by atomic mass is 19.1. The Balaban J connectivity index is 1.61. The van der Waals surface area contributed by atoms with Gasteiger partial charge in [-0.1, -0.05) is 17.7 Å². The maximum Gasteiger partial charge on any atom is 0.295 e. The second-order valence-corrected chi connectivity index (χ2v) is 6.96. The van der Waals surface area contributed by atoms with E-state index in [1.165, 1.54) is 31.4 Å². The van der Waals surface area contributed by atoms with Crippen LogP contribution >= 0.6 is 0 Å². The normalized spacial score (nSPS) is 10.7. The fraction of sp³-hybridized carbons (Fsp3) is 0.0833. The molecule has 0 aliphatic carbocycles. The molecule has 0 aliphatic rings. The van der Waals surface area contributed by atoms with Crippen LogP contribution in [-0.2, 0) is 0 Å². The fourth-order valence-corrected chi connectivity index (χ4v) is 3.22. The molecule has 0 fully saturated rings. The van der Waals surface area contributed by atoms with Crippen molar-refractivity contribution in [3.63, 3.8) is 0 Å². The van der Waals surface area contributed by atoms with Crippen LogP contribution in [0.2, 0.25) is 0 Å². The minimum absolute atomic E-state index is 0.0241. The number of rotatable bonds is 5. The highest BCUT2D eigenvalue weighted by molar-refractivity contribution is 6.09. The van der Waals surface area contributed by atoms with E-state index in [2.05, 4.69) is 10.6 Å². The molecular formula is C24H19FN2O4. The van der Waals surface area contributed by atoms with Gasteiger partial charge in [-0.25, -0.2) is 4.39 Å². The van der Waals surface area contributed by atoms with E-state index in [-0.39, 0.29) is 17.4 Å². The first-order valence-electron chi connectivity index (χ1n) is 9.50. The van der Waals surface area contributed by atoms with Crippen molar-refractivity contribution < 1.29 is 23.1 Å². The van der Waals surface area contributed by atoms with Gasteiger partial charge in [0, 0.05) is 16.9 Å². The number of furan rings is 1. The van der Waals surface area contributed by atoms with E-state index >= 15 is 0 Å². The molecular weight excluding hydrogens is 399 g/mol. The van der Waals surface area contributed by atoms with Crippen LogP contribution in [0.3, 0.4) is 0 Å². The molecule has 7 heteroatoms. The molecule has 4 aromatic rings. The second-order valence-electron chi connectivity index (χ2n) is 6.96. The minimum Gasteiger partial charge on any atom is -0.492 e. The Labute approximate surface area is 177 Å². The molecule has 31 heavy (non-hydrogen) atoms. The van der Waals surface area contributed by atoms with Crippen LogP contribution in [-0.4, -0.2) is 18.9 Å². The molecule has 0 radical (unpaired) electrons. The molecule has 0 bridgehead atoms. The van der Waals surface area contributed by atoms with Crippen LogP contribution in [0.15, 0.2) is 71.1 Å². The Hall–Kier alpha value is -4.13. The summed E-state index contributed by atoms with van der Waals surface area (Å²) in [6.07, 6.45) is 0. The number of halogens is 1. The second kappa shape index (κ2) is 8.31. The largest absolute Gasteiger partial charge is 0.492 e. The number of ether oxygens (including phenoxy) is 1. The lowest BCUT2D eigenvalue weighted by atomic mass is 10.1. The predicted molar refractivity (Wildman–Crippen MR) is 116 cm³/mol. The molecule has 156 valence electrons. The van der Waals surface area contributed by atoms with Crippen LogP contribution in [0, 0.1) is 12.7 Å². The molecule has 4 rings (SSSR count). The minimum atomic E-state index is -0.537. The molecule has 0 aliphatic heterocycles. The van der Waals surface area contributed by atoms with E-state index in [1.54, 1.807) is 30.3 Å². The molecule has 0 atom stereocenters. The van der Waals surface area contributed by atoms with Crippen LogP contribution in [0.4, 0.5) is 15.8 Å². The number of methoxy groups -OCH3 is 1. The lowest BCUT2D eigenvalue weighted by Crippen LogP contribution is -2.12. The quantitative estimate of drug-likeness (QED) is 0.455. The summed E-state index contributed by atoms with van der Waals surface area (Å²) >= 11 is 0. The summed E-state index contributed by atoms with van der Waals surface area (Å²) in [6, 6.07) is 17.7. The van der Waals surface area contributed by atoms with Gasteiger partial charge in [-0.05, 0) is 61.5 Å². The molecule has 1 heterocycles. The van der Waals surface area contributed by atoms with Gasteiger partial charge in [-0.3, -0.25) is 9.59 Å². The molecule has 2 N–H and O–H groups in total. The number of carbonyl (C=O) groups is 2. The molecule has 0 spiro atoms. The van der Waals surface area contributed by atoms with E-state index in [0.29, 0.717) is 27.9 Å². The van der Waals surface area contributed by atoms with Crippen molar-refractivity contribution in [2.75, 3.05) is 17.7 Å².